The smallest absolute Gasteiger partial charge is 0.319 e. The summed E-state index contributed by atoms with van der Waals surface area (Å²) < 4.78 is 0. The number of carboxylic acids is 1. The van der Waals surface area contributed by atoms with Gasteiger partial charge in [-0.3, -0.25) is 9.59 Å². The summed E-state index contributed by atoms with van der Waals surface area (Å²) in [5, 5.41) is 18.7. The number of rotatable bonds is 2. The molecule has 5 nitrogen and oxygen atoms in total. The Bertz CT molecular complexity index is 324. The van der Waals surface area contributed by atoms with Crippen molar-refractivity contribution in [2.75, 3.05) is 13.1 Å². The van der Waals surface area contributed by atoms with Crippen molar-refractivity contribution in [2.24, 2.45) is 11.3 Å². The Kier molecular flexibility index (Phi) is 2.66. The molecule has 5 heteroatoms. The molecule has 0 aromatic rings. The number of aliphatic hydroxyl groups is 1. The number of carbonyl (C=O) groups excluding carboxylic acids is 1. The summed E-state index contributed by atoms with van der Waals surface area (Å²) in [6.45, 7) is 2.78. The monoisotopic (exact) mass is 227 g/mol. The van der Waals surface area contributed by atoms with Gasteiger partial charge in [0.1, 0.15) is 5.41 Å². The SMILES string of the molecule is CC1CCN(C(=O)C2(C(=O)O)CC2)CC1O. The number of hydrogen-bond donors (Lipinski definition) is 2. The molecule has 1 heterocycles. The second-order valence-corrected chi connectivity index (χ2v) is 4.97. The molecule has 0 radical (unpaired) electrons. The fourth-order valence-corrected chi connectivity index (χ4v) is 2.18. The Hall–Kier alpha value is -1.10. The lowest BCUT2D eigenvalue weighted by Gasteiger charge is -2.35. The molecule has 1 saturated carbocycles. The Morgan fingerprint density at radius 3 is 2.44 bits per heavy atom. The van der Waals surface area contributed by atoms with E-state index in [1.807, 2.05) is 6.92 Å². The van der Waals surface area contributed by atoms with E-state index in [0.717, 1.165) is 6.42 Å². The third-order valence-corrected chi connectivity index (χ3v) is 3.77. The molecular weight excluding hydrogens is 210 g/mol. The second-order valence-electron chi connectivity index (χ2n) is 4.97. The van der Waals surface area contributed by atoms with Gasteiger partial charge in [0.15, 0.2) is 0 Å². The molecule has 1 aliphatic heterocycles. The standard InChI is InChI=1S/C11H17NO4/c1-7-2-5-12(6-8(7)13)9(14)11(3-4-11)10(15)16/h7-8,13H,2-6H2,1H3,(H,15,16). The summed E-state index contributed by atoms with van der Waals surface area (Å²) in [5.74, 6) is -1.15. The van der Waals surface area contributed by atoms with Crippen LogP contribution in [0, 0.1) is 11.3 Å². The molecule has 16 heavy (non-hydrogen) atoms. The zero-order chi connectivity index (χ0) is 11.9. The van der Waals surface area contributed by atoms with Gasteiger partial charge in [0, 0.05) is 13.1 Å². The van der Waals surface area contributed by atoms with E-state index in [9.17, 15) is 14.7 Å². The zero-order valence-electron chi connectivity index (χ0n) is 9.35. The molecule has 2 unspecified atom stereocenters. The maximum atomic E-state index is 12.0. The van der Waals surface area contributed by atoms with Crippen molar-refractivity contribution >= 4 is 11.9 Å². The lowest BCUT2D eigenvalue weighted by molar-refractivity contribution is -0.155. The normalized spacial score (nSPS) is 32.2. The molecule has 0 bridgehead atoms. The molecule has 2 rings (SSSR count). The van der Waals surface area contributed by atoms with Crippen LogP contribution in [0.3, 0.4) is 0 Å². The molecule has 0 aromatic heterocycles. The molecule has 1 amide bonds. The van der Waals surface area contributed by atoms with E-state index in [0.29, 0.717) is 19.4 Å². The number of nitrogens with zero attached hydrogens (tertiary/aromatic N) is 1. The van der Waals surface area contributed by atoms with Crippen LogP contribution < -0.4 is 0 Å². The average molecular weight is 227 g/mol. The van der Waals surface area contributed by atoms with E-state index in [1.165, 1.54) is 4.90 Å². The molecule has 2 N–H and O–H groups in total. The van der Waals surface area contributed by atoms with Crippen LogP contribution >= 0.6 is 0 Å². The number of amides is 1. The molecule has 2 aliphatic rings. The predicted octanol–water partition coefficient (Wildman–Crippen LogP) is 0.0805. The van der Waals surface area contributed by atoms with Crippen LogP contribution in [0.15, 0.2) is 0 Å². The molecule has 2 atom stereocenters. The van der Waals surface area contributed by atoms with Crippen LogP contribution in [0.25, 0.3) is 0 Å². The topological polar surface area (TPSA) is 77.8 Å². The molecule has 1 aliphatic carbocycles. The number of β-amino-alcohol motifs (C(OH)–C–C–N with tert-alkyl or cyclic N) is 1. The minimum absolute atomic E-state index is 0.184. The summed E-state index contributed by atoms with van der Waals surface area (Å²) in [6, 6.07) is 0. The first-order valence-corrected chi connectivity index (χ1v) is 5.68. The van der Waals surface area contributed by atoms with E-state index in [1.54, 1.807) is 0 Å². The van der Waals surface area contributed by atoms with Crippen LogP contribution in [-0.4, -0.2) is 46.2 Å². The lowest BCUT2D eigenvalue weighted by atomic mass is 9.94. The Labute approximate surface area is 94.0 Å². The van der Waals surface area contributed by atoms with Gasteiger partial charge in [0.25, 0.3) is 0 Å². The van der Waals surface area contributed by atoms with E-state index >= 15 is 0 Å². The van der Waals surface area contributed by atoms with Gasteiger partial charge in [-0.2, -0.15) is 0 Å². The third kappa shape index (κ3) is 1.69. The number of aliphatic carboxylic acids is 1. The zero-order valence-corrected chi connectivity index (χ0v) is 9.35. The van der Waals surface area contributed by atoms with Gasteiger partial charge in [-0.1, -0.05) is 6.92 Å². The number of aliphatic hydroxyl groups excluding tert-OH is 1. The van der Waals surface area contributed by atoms with Crippen molar-refractivity contribution in [1.82, 2.24) is 4.90 Å². The third-order valence-electron chi connectivity index (χ3n) is 3.77. The van der Waals surface area contributed by atoms with Crippen LogP contribution in [0.4, 0.5) is 0 Å². The van der Waals surface area contributed by atoms with Crippen LogP contribution in [0.1, 0.15) is 26.2 Å². The van der Waals surface area contributed by atoms with Crippen molar-refractivity contribution in [3.8, 4) is 0 Å². The number of likely N-dealkylation sites (tertiary alicyclic amines) is 1. The van der Waals surface area contributed by atoms with Gasteiger partial charge in [0.05, 0.1) is 6.10 Å². The quantitative estimate of drug-likeness (QED) is 0.655. The number of piperidine rings is 1. The predicted molar refractivity (Wildman–Crippen MR) is 55.7 cm³/mol. The Morgan fingerprint density at radius 2 is 2.00 bits per heavy atom. The Morgan fingerprint density at radius 1 is 1.38 bits per heavy atom. The minimum Gasteiger partial charge on any atom is -0.480 e. The van der Waals surface area contributed by atoms with E-state index in [2.05, 4.69) is 0 Å². The largest absolute Gasteiger partial charge is 0.480 e. The van der Waals surface area contributed by atoms with Crippen LogP contribution in [0.2, 0.25) is 0 Å². The van der Waals surface area contributed by atoms with E-state index in [4.69, 9.17) is 5.11 Å². The molecular formula is C11H17NO4. The first kappa shape index (κ1) is 11.4. The first-order chi connectivity index (χ1) is 7.47. The fourth-order valence-electron chi connectivity index (χ4n) is 2.18. The summed E-state index contributed by atoms with van der Waals surface area (Å²) in [6.07, 6.45) is 1.08. The van der Waals surface area contributed by atoms with Crippen molar-refractivity contribution in [1.29, 1.82) is 0 Å². The first-order valence-electron chi connectivity index (χ1n) is 5.68. The summed E-state index contributed by atoms with van der Waals surface area (Å²) in [5.41, 5.74) is -1.17. The lowest BCUT2D eigenvalue weighted by Crippen LogP contribution is -2.49. The highest BCUT2D eigenvalue weighted by Crippen LogP contribution is 2.47. The highest BCUT2D eigenvalue weighted by Gasteiger charge is 2.58. The number of carbonyl (C=O) groups is 2. The van der Waals surface area contributed by atoms with Gasteiger partial charge in [-0.15, -0.1) is 0 Å². The average Bonchev–Trinajstić information content (AvgIpc) is 3.02. The number of carboxylic acid groups (broad SMARTS) is 1. The van der Waals surface area contributed by atoms with E-state index < -0.39 is 17.5 Å². The highest BCUT2D eigenvalue weighted by molar-refractivity contribution is 6.04. The second kappa shape index (κ2) is 3.73. The maximum Gasteiger partial charge on any atom is 0.319 e. The summed E-state index contributed by atoms with van der Waals surface area (Å²) in [4.78, 5) is 24.5. The van der Waals surface area contributed by atoms with Crippen molar-refractivity contribution < 1.29 is 19.8 Å². The van der Waals surface area contributed by atoms with Crippen molar-refractivity contribution in [2.45, 2.75) is 32.3 Å². The molecule has 90 valence electrons. The summed E-state index contributed by atoms with van der Waals surface area (Å²) >= 11 is 0. The van der Waals surface area contributed by atoms with Crippen LogP contribution in [0.5, 0.6) is 0 Å². The molecule has 2 fully saturated rings. The molecule has 0 aromatic carbocycles. The Balaban J connectivity index is 2.04. The van der Waals surface area contributed by atoms with Gasteiger partial charge >= 0.3 is 5.97 Å². The minimum atomic E-state index is -1.17. The van der Waals surface area contributed by atoms with Gasteiger partial charge in [-0.05, 0) is 25.2 Å². The fraction of sp³-hybridized carbons (Fsp3) is 0.818. The van der Waals surface area contributed by atoms with Gasteiger partial charge < -0.3 is 15.1 Å². The highest BCUT2D eigenvalue weighted by atomic mass is 16.4. The summed E-state index contributed by atoms with van der Waals surface area (Å²) in [7, 11) is 0. The van der Waals surface area contributed by atoms with Gasteiger partial charge in [0.2, 0.25) is 5.91 Å². The van der Waals surface area contributed by atoms with Crippen LogP contribution in [-0.2, 0) is 9.59 Å². The van der Waals surface area contributed by atoms with Crippen molar-refractivity contribution in [3.05, 3.63) is 0 Å². The maximum absolute atomic E-state index is 12.0. The van der Waals surface area contributed by atoms with Gasteiger partial charge in [-0.25, -0.2) is 0 Å². The molecule has 1 saturated heterocycles. The molecule has 0 spiro atoms. The number of hydrogen-bond acceptors (Lipinski definition) is 3. The van der Waals surface area contributed by atoms with Crippen molar-refractivity contribution in [3.63, 3.8) is 0 Å². The van der Waals surface area contributed by atoms with E-state index in [-0.39, 0.29) is 18.4 Å².